The maximum atomic E-state index is 13.6. The Balaban J connectivity index is 1.54. The minimum Gasteiger partial charge on any atom is -0.490 e. The lowest BCUT2D eigenvalue weighted by Crippen LogP contribution is -2.39. The minimum atomic E-state index is -0.364. The lowest BCUT2D eigenvalue weighted by Gasteiger charge is -2.44. The molecule has 0 saturated heterocycles. The van der Waals surface area contributed by atoms with Crippen molar-refractivity contribution in [3.8, 4) is 11.5 Å². The third-order valence-corrected chi connectivity index (χ3v) is 8.09. The number of benzene rings is 2. The summed E-state index contributed by atoms with van der Waals surface area (Å²) in [7, 11) is 1.71. The zero-order valence-corrected chi connectivity index (χ0v) is 24.3. The molecule has 1 aliphatic heterocycles. The zero-order valence-electron chi connectivity index (χ0n) is 24.3. The fourth-order valence-corrected chi connectivity index (χ4v) is 6.59. The summed E-state index contributed by atoms with van der Waals surface area (Å²) in [5.41, 5.74) is 8.22. The van der Waals surface area contributed by atoms with E-state index in [0.717, 1.165) is 72.3 Å². The fourth-order valence-electron chi connectivity index (χ4n) is 6.59. The first-order chi connectivity index (χ1) is 19.4. The molecule has 5 rings (SSSR count). The molecule has 0 atom stereocenters. The van der Waals surface area contributed by atoms with Gasteiger partial charge in [-0.25, -0.2) is 0 Å². The van der Waals surface area contributed by atoms with Gasteiger partial charge in [-0.05, 0) is 76.1 Å². The van der Waals surface area contributed by atoms with E-state index in [1.165, 1.54) is 11.1 Å². The summed E-state index contributed by atoms with van der Waals surface area (Å²) < 4.78 is 17.6. The Labute approximate surface area is 238 Å². The van der Waals surface area contributed by atoms with Gasteiger partial charge in [-0.3, -0.25) is 9.59 Å². The molecule has 2 aliphatic carbocycles. The molecule has 0 unspecified atom stereocenters. The van der Waals surface area contributed by atoms with Crippen LogP contribution in [-0.4, -0.2) is 43.3 Å². The number of Topliss-reactive ketones (excluding diaryl/α,β-unsaturated/α-hetero) is 2. The molecule has 212 valence electrons. The van der Waals surface area contributed by atoms with Crippen LogP contribution in [0.25, 0.3) is 0 Å². The molecule has 0 fully saturated rings. The molecule has 0 bridgehead atoms. The summed E-state index contributed by atoms with van der Waals surface area (Å²) >= 11 is 0. The number of aryl methyl sites for hydroxylation is 2. The molecule has 6 nitrogen and oxygen atoms in total. The fraction of sp³-hybridized carbons (Fsp3) is 0.471. The van der Waals surface area contributed by atoms with Crippen LogP contribution in [0.1, 0.15) is 80.0 Å². The van der Waals surface area contributed by atoms with E-state index in [1.54, 1.807) is 7.11 Å². The first-order valence-electron chi connectivity index (χ1n) is 14.7. The number of allylic oxidation sites excluding steroid dienone is 4. The van der Waals surface area contributed by atoms with Gasteiger partial charge in [-0.1, -0.05) is 35.4 Å². The SMILES string of the molecule is CCOc1cc(C2C3=C(CCCC3=O)N(CCCOC)C3=C2C(=O)CCC3)ccc1OCc1cc(C)cc(C)c1. The van der Waals surface area contributed by atoms with Crippen LogP contribution in [0.5, 0.6) is 11.5 Å². The Morgan fingerprint density at radius 3 is 2.08 bits per heavy atom. The van der Waals surface area contributed by atoms with E-state index in [-0.39, 0.29) is 17.5 Å². The van der Waals surface area contributed by atoms with Crippen molar-refractivity contribution in [3.05, 3.63) is 81.2 Å². The number of ether oxygens (including phenoxy) is 3. The van der Waals surface area contributed by atoms with Crippen molar-refractivity contribution in [2.24, 2.45) is 0 Å². The van der Waals surface area contributed by atoms with Crippen molar-refractivity contribution < 1.29 is 23.8 Å². The zero-order chi connectivity index (χ0) is 28.2. The summed E-state index contributed by atoms with van der Waals surface area (Å²) in [5, 5.41) is 0. The molecule has 0 amide bonds. The molecular formula is C34H41NO5. The molecule has 6 heteroatoms. The van der Waals surface area contributed by atoms with Crippen LogP contribution in [0.3, 0.4) is 0 Å². The van der Waals surface area contributed by atoms with Crippen molar-refractivity contribution in [2.45, 2.75) is 78.2 Å². The van der Waals surface area contributed by atoms with Crippen LogP contribution < -0.4 is 9.47 Å². The van der Waals surface area contributed by atoms with Crippen LogP contribution in [0.2, 0.25) is 0 Å². The minimum absolute atomic E-state index is 0.154. The highest BCUT2D eigenvalue weighted by Crippen LogP contribution is 2.50. The third kappa shape index (κ3) is 5.73. The van der Waals surface area contributed by atoms with Crippen LogP contribution in [0.15, 0.2) is 58.9 Å². The maximum Gasteiger partial charge on any atom is 0.161 e. The lowest BCUT2D eigenvalue weighted by molar-refractivity contribution is -0.117. The number of carbonyl (C=O) groups excluding carboxylic acids is 2. The van der Waals surface area contributed by atoms with Crippen molar-refractivity contribution in [3.63, 3.8) is 0 Å². The highest BCUT2D eigenvalue weighted by molar-refractivity contribution is 6.06. The number of carbonyl (C=O) groups is 2. The highest BCUT2D eigenvalue weighted by Gasteiger charge is 2.43. The first-order valence-corrected chi connectivity index (χ1v) is 14.7. The monoisotopic (exact) mass is 543 g/mol. The third-order valence-electron chi connectivity index (χ3n) is 8.09. The molecule has 1 heterocycles. The smallest absolute Gasteiger partial charge is 0.161 e. The number of methoxy groups -OCH3 is 1. The van der Waals surface area contributed by atoms with Gasteiger partial charge < -0.3 is 19.1 Å². The average Bonchev–Trinajstić information content (AvgIpc) is 2.92. The van der Waals surface area contributed by atoms with Gasteiger partial charge in [0.05, 0.1) is 6.61 Å². The van der Waals surface area contributed by atoms with E-state index >= 15 is 0 Å². The molecule has 2 aromatic carbocycles. The van der Waals surface area contributed by atoms with E-state index in [2.05, 4.69) is 36.9 Å². The van der Waals surface area contributed by atoms with Gasteiger partial charge in [-0.2, -0.15) is 0 Å². The predicted octanol–water partition coefficient (Wildman–Crippen LogP) is 6.73. The van der Waals surface area contributed by atoms with Crippen molar-refractivity contribution in [1.29, 1.82) is 0 Å². The van der Waals surface area contributed by atoms with E-state index in [9.17, 15) is 9.59 Å². The Morgan fingerprint density at radius 2 is 1.48 bits per heavy atom. The maximum absolute atomic E-state index is 13.6. The van der Waals surface area contributed by atoms with Gasteiger partial charge in [0.2, 0.25) is 0 Å². The van der Waals surface area contributed by atoms with E-state index in [1.807, 2.05) is 25.1 Å². The van der Waals surface area contributed by atoms with Crippen molar-refractivity contribution >= 4 is 11.6 Å². The second kappa shape index (κ2) is 12.4. The van der Waals surface area contributed by atoms with Gasteiger partial charge in [0.15, 0.2) is 23.1 Å². The summed E-state index contributed by atoms with van der Waals surface area (Å²) in [6, 6.07) is 12.4. The topological polar surface area (TPSA) is 65.1 Å². The summed E-state index contributed by atoms with van der Waals surface area (Å²) in [6.07, 6.45) is 5.28. The van der Waals surface area contributed by atoms with Crippen molar-refractivity contribution in [1.82, 2.24) is 4.90 Å². The standard InChI is InChI=1S/C34H41NO5/c1-5-39-31-20-25(13-14-30(31)40-21-24-18-22(2)17-23(3)19-24)32-33-26(9-6-11-28(33)36)35(15-8-16-38-4)27-10-7-12-29(37)34(27)32/h13-14,17-20,32H,5-12,15-16,21H2,1-4H3. The molecule has 0 saturated carbocycles. The Kier molecular flexibility index (Phi) is 8.75. The second-order valence-electron chi connectivity index (χ2n) is 11.1. The number of rotatable bonds is 10. The molecule has 0 aromatic heterocycles. The Morgan fingerprint density at radius 1 is 0.825 bits per heavy atom. The van der Waals surface area contributed by atoms with Gasteiger partial charge in [-0.15, -0.1) is 0 Å². The number of hydrogen-bond acceptors (Lipinski definition) is 6. The molecule has 2 aromatic rings. The molecule has 0 spiro atoms. The van der Waals surface area contributed by atoms with E-state index < -0.39 is 0 Å². The Hall–Kier alpha value is -3.38. The first kappa shape index (κ1) is 28.2. The average molecular weight is 544 g/mol. The van der Waals surface area contributed by atoms with Gasteiger partial charge >= 0.3 is 0 Å². The molecule has 0 radical (unpaired) electrons. The van der Waals surface area contributed by atoms with Crippen LogP contribution in [0, 0.1) is 13.8 Å². The van der Waals surface area contributed by atoms with Crippen LogP contribution >= 0.6 is 0 Å². The van der Waals surface area contributed by atoms with Gasteiger partial charge in [0, 0.05) is 61.6 Å². The second-order valence-corrected chi connectivity index (χ2v) is 11.1. The van der Waals surface area contributed by atoms with Crippen LogP contribution in [-0.2, 0) is 20.9 Å². The molecule has 0 N–H and O–H groups in total. The van der Waals surface area contributed by atoms with Crippen molar-refractivity contribution in [2.75, 3.05) is 26.9 Å². The summed E-state index contributed by atoms with van der Waals surface area (Å²) in [5.74, 6) is 1.25. The summed E-state index contributed by atoms with van der Waals surface area (Å²) in [4.78, 5) is 29.4. The predicted molar refractivity (Wildman–Crippen MR) is 156 cm³/mol. The number of hydrogen-bond donors (Lipinski definition) is 0. The van der Waals surface area contributed by atoms with Gasteiger partial charge in [0.25, 0.3) is 0 Å². The summed E-state index contributed by atoms with van der Waals surface area (Å²) in [6.45, 7) is 8.46. The largest absolute Gasteiger partial charge is 0.490 e. The molecule has 3 aliphatic rings. The molecule has 40 heavy (non-hydrogen) atoms. The normalized spacial score (nSPS) is 17.8. The highest BCUT2D eigenvalue weighted by atomic mass is 16.5. The Bertz CT molecular complexity index is 1290. The lowest BCUT2D eigenvalue weighted by atomic mass is 9.71. The van der Waals surface area contributed by atoms with Crippen LogP contribution in [0.4, 0.5) is 0 Å². The number of nitrogens with zero attached hydrogens (tertiary/aromatic N) is 1. The van der Waals surface area contributed by atoms with E-state index in [4.69, 9.17) is 14.2 Å². The quantitative estimate of drug-likeness (QED) is 0.310. The van der Waals surface area contributed by atoms with E-state index in [0.29, 0.717) is 44.2 Å². The molecular weight excluding hydrogens is 502 g/mol. The van der Waals surface area contributed by atoms with Gasteiger partial charge in [0.1, 0.15) is 6.61 Å². The number of ketones is 2.